The maximum absolute atomic E-state index is 11.1. The average molecular weight is 195 g/mol. The van der Waals surface area contributed by atoms with E-state index in [1.165, 1.54) is 0 Å². The fourth-order valence-corrected chi connectivity index (χ4v) is 1.05. The summed E-state index contributed by atoms with van der Waals surface area (Å²) >= 11 is 0. The van der Waals surface area contributed by atoms with Crippen molar-refractivity contribution in [3.05, 3.63) is 0 Å². The molecule has 0 amide bonds. The fourth-order valence-electron chi connectivity index (χ4n) is 0.472. The van der Waals surface area contributed by atoms with Crippen LogP contribution >= 0.6 is 0 Å². The van der Waals surface area contributed by atoms with Gasteiger partial charge in [0, 0.05) is 6.54 Å². The number of likely N-dealkylation sites (N-methyl/N-ethyl adjacent to an activating group) is 1. The highest BCUT2D eigenvalue weighted by atomic mass is 32.2. The zero-order valence-corrected chi connectivity index (χ0v) is 8.89. The van der Waals surface area contributed by atoms with Crippen LogP contribution in [0.25, 0.3) is 0 Å². The Hall–Kier alpha value is -0.130. The summed E-state index contributed by atoms with van der Waals surface area (Å²) in [5.41, 5.74) is 0. The van der Waals surface area contributed by atoms with Crippen molar-refractivity contribution in [1.29, 1.82) is 0 Å². The number of nitrogens with zero attached hydrogens (tertiary/aromatic N) is 1. The first kappa shape index (κ1) is 11.9. The SMILES string of the molecule is CC(C)S(=O)(=O)OCCN(C)C. The zero-order valence-electron chi connectivity index (χ0n) is 8.07. The van der Waals surface area contributed by atoms with Crippen LogP contribution in [0.4, 0.5) is 0 Å². The van der Waals surface area contributed by atoms with Crippen molar-refractivity contribution < 1.29 is 12.6 Å². The predicted molar refractivity (Wildman–Crippen MR) is 48.6 cm³/mol. The lowest BCUT2D eigenvalue weighted by atomic mass is 10.6. The molecule has 0 fully saturated rings. The third kappa shape index (κ3) is 4.69. The largest absolute Gasteiger partial charge is 0.307 e. The standard InChI is InChI=1S/C7H17NO3S/c1-7(2)12(9,10)11-6-5-8(3)4/h7H,5-6H2,1-4H3. The highest BCUT2D eigenvalue weighted by molar-refractivity contribution is 7.87. The van der Waals surface area contributed by atoms with Crippen LogP contribution in [0, 0.1) is 0 Å². The predicted octanol–water partition coefficient (Wildman–Crippen LogP) is 0.303. The second-order valence-electron chi connectivity index (χ2n) is 3.17. The smallest absolute Gasteiger partial charge is 0.269 e. The lowest BCUT2D eigenvalue weighted by Gasteiger charge is -2.11. The number of hydrogen-bond donors (Lipinski definition) is 0. The van der Waals surface area contributed by atoms with Crippen LogP contribution in [-0.4, -0.2) is 45.8 Å². The van der Waals surface area contributed by atoms with Gasteiger partial charge in [-0.05, 0) is 27.9 Å². The van der Waals surface area contributed by atoms with E-state index in [0.29, 0.717) is 6.54 Å². The highest BCUT2D eigenvalue weighted by Gasteiger charge is 2.15. The summed E-state index contributed by atoms with van der Waals surface area (Å²) in [7, 11) is 0.412. The molecule has 0 unspecified atom stereocenters. The van der Waals surface area contributed by atoms with Gasteiger partial charge in [0.15, 0.2) is 0 Å². The second-order valence-corrected chi connectivity index (χ2v) is 5.33. The molecule has 0 spiro atoms. The van der Waals surface area contributed by atoms with Crippen LogP contribution in [0.5, 0.6) is 0 Å². The number of rotatable bonds is 5. The molecule has 0 aromatic rings. The van der Waals surface area contributed by atoms with Gasteiger partial charge >= 0.3 is 0 Å². The fraction of sp³-hybridized carbons (Fsp3) is 1.00. The van der Waals surface area contributed by atoms with E-state index in [2.05, 4.69) is 0 Å². The molecule has 0 saturated carbocycles. The molecular weight excluding hydrogens is 178 g/mol. The van der Waals surface area contributed by atoms with Crippen molar-refractivity contribution >= 4 is 10.1 Å². The van der Waals surface area contributed by atoms with Crippen molar-refractivity contribution in [2.45, 2.75) is 19.1 Å². The summed E-state index contributed by atoms with van der Waals surface area (Å²) in [6.07, 6.45) is 0. The molecule has 4 nitrogen and oxygen atoms in total. The summed E-state index contributed by atoms with van der Waals surface area (Å²) in [6.45, 7) is 4.05. The minimum absolute atomic E-state index is 0.230. The Labute approximate surface area is 74.6 Å². The maximum Gasteiger partial charge on any atom is 0.269 e. The Bertz CT molecular complexity index is 209. The van der Waals surface area contributed by atoms with Crippen molar-refractivity contribution in [2.24, 2.45) is 0 Å². The Morgan fingerprint density at radius 1 is 1.33 bits per heavy atom. The summed E-state index contributed by atoms with van der Waals surface area (Å²) in [5, 5.41) is -0.459. The van der Waals surface area contributed by atoms with E-state index in [-0.39, 0.29) is 6.61 Å². The van der Waals surface area contributed by atoms with Crippen molar-refractivity contribution in [2.75, 3.05) is 27.2 Å². The lowest BCUT2D eigenvalue weighted by Crippen LogP contribution is -2.23. The summed E-state index contributed by atoms with van der Waals surface area (Å²) in [4.78, 5) is 1.87. The Kier molecular flexibility index (Phi) is 4.74. The van der Waals surface area contributed by atoms with Crippen molar-refractivity contribution in [1.82, 2.24) is 4.90 Å². The third-order valence-corrected chi connectivity index (χ3v) is 3.01. The minimum atomic E-state index is -3.32. The molecule has 0 bridgehead atoms. The highest BCUT2D eigenvalue weighted by Crippen LogP contribution is 2.01. The van der Waals surface area contributed by atoms with E-state index in [9.17, 15) is 8.42 Å². The Balaban J connectivity index is 3.79. The summed E-state index contributed by atoms with van der Waals surface area (Å²) in [6, 6.07) is 0. The molecule has 74 valence electrons. The zero-order chi connectivity index (χ0) is 9.78. The Morgan fingerprint density at radius 2 is 1.83 bits per heavy atom. The van der Waals surface area contributed by atoms with Gasteiger partial charge in [-0.15, -0.1) is 0 Å². The Morgan fingerprint density at radius 3 is 2.17 bits per heavy atom. The molecule has 0 radical (unpaired) electrons. The van der Waals surface area contributed by atoms with Gasteiger partial charge in [0.1, 0.15) is 0 Å². The van der Waals surface area contributed by atoms with Gasteiger partial charge in [0.25, 0.3) is 10.1 Å². The van der Waals surface area contributed by atoms with E-state index in [0.717, 1.165) is 0 Å². The first-order valence-corrected chi connectivity index (χ1v) is 5.36. The van der Waals surface area contributed by atoms with E-state index < -0.39 is 15.4 Å². The quantitative estimate of drug-likeness (QED) is 0.592. The molecule has 0 rings (SSSR count). The van der Waals surface area contributed by atoms with Gasteiger partial charge in [-0.25, -0.2) is 0 Å². The molecule has 0 aromatic carbocycles. The maximum atomic E-state index is 11.1. The molecule has 0 aliphatic rings. The van der Waals surface area contributed by atoms with Gasteiger partial charge in [0.05, 0.1) is 11.9 Å². The van der Waals surface area contributed by atoms with Crippen molar-refractivity contribution in [3.8, 4) is 0 Å². The normalized spacial score (nSPS) is 12.8. The molecule has 12 heavy (non-hydrogen) atoms. The third-order valence-electron chi connectivity index (χ3n) is 1.36. The van der Waals surface area contributed by atoms with Gasteiger partial charge in [-0.3, -0.25) is 4.18 Å². The molecular formula is C7H17NO3S. The second kappa shape index (κ2) is 4.79. The van der Waals surface area contributed by atoms with E-state index in [4.69, 9.17) is 4.18 Å². The molecule has 0 heterocycles. The summed E-state index contributed by atoms with van der Waals surface area (Å²) < 4.78 is 26.9. The molecule has 0 aromatic heterocycles. The first-order valence-electron chi connectivity index (χ1n) is 3.89. The van der Waals surface area contributed by atoms with Gasteiger partial charge in [-0.1, -0.05) is 0 Å². The van der Waals surface area contributed by atoms with Crippen molar-refractivity contribution in [3.63, 3.8) is 0 Å². The van der Waals surface area contributed by atoms with E-state index in [1.54, 1.807) is 13.8 Å². The lowest BCUT2D eigenvalue weighted by molar-refractivity contribution is 0.263. The molecule has 0 aliphatic carbocycles. The van der Waals surface area contributed by atoms with Gasteiger partial charge in [0.2, 0.25) is 0 Å². The molecule has 0 aliphatic heterocycles. The van der Waals surface area contributed by atoms with Crippen LogP contribution in [-0.2, 0) is 14.3 Å². The topological polar surface area (TPSA) is 46.6 Å². The van der Waals surface area contributed by atoms with Gasteiger partial charge in [-0.2, -0.15) is 8.42 Å². The molecule has 5 heteroatoms. The average Bonchev–Trinajstić information content (AvgIpc) is 1.85. The van der Waals surface area contributed by atoms with Crippen LogP contribution in [0.1, 0.15) is 13.8 Å². The van der Waals surface area contributed by atoms with Crippen LogP contribution < -0.4 is 0 Å². The first-order chi connectivity index (χ1) is 5.36. The van der Waals surface area contributed by atoms with Gasteiger partial charge < -0.3 is 4.90 Å². The van der Waals surface area contributed by atoms with E-state index >= 15 is 0 Å². The van der Waals surface area contributed by atoms with E-state index in [1.807, 2.05) is 19.0 Å². The monoisotopic (exact) mass is 195 g/mol. The van der Waals surface area contributed by atoms with Crippen LogP contribution in [0.2, 0.25) is 0 Å². The van der Waals surface area contributed by atoms with Crippen LogP contribution in [0.15, 0.2) is 0 Å². The molecule has 0 saturated heterocycles. The minimum Gasteiger partial charge on any atom is -0.307 e. The molecule has 0 atom stereocenters. The van der Waals surface area contributed by atoms with Crippen LogP contribution in [0.3, 0.4) is 0 Å². The molecule has 0 N–H and O–H groups in total. The number of hydrogen-bond acceptors (Lipinski definition) is 4. The summed E-state index contributed by atoms with van der Waals surface area (Å²) in [5.74, 6) is 0.